The van der Waals surface area contributed by atoms with Gasteiger partial charge in [-0.1, -0.05) is 0 Å². The number of benzene rings is 1. The van der Waals surface area contributed by atoms with Crippen LogP contribution >= 0.6 is 0 Å². The smallest absolute Gasteiger partial charge is 0.278 e. The number of carbonyl (C=O) groups is 1. The molecular weight excluding hydrogens is 189 g/mol. The Morgan fingerprint density at radius 2 is 2.36 bits per heavy atom. The molecule has 0 aromatic heterocycles. The molecule has 1 rings (SSSR count). The Morgan fingerprint density at radius 1 is 1.64 bits per heavy atom. The first-order chi connectivity index (χ1) is 6.65. The van der Waals surface area contributed by atoms with Crippen LogP contribution in [0.3, 0.4) is 0 Å². The van der Waals surface area contributed by atoms with Crippen molar-refractivity contribution in [3.8, 4) is 5.75 Å². The molecule has 1 amide bonds. The molecule has 0 radical (unpaired) electrons. The van der Waals surface area contributed by atoms with Crippen molar-refractivity contribution in [3.63, 3.8) is 0 Å². The quantitative estimate of drug-likeness (QED) is 0.719. The van der Waals surface area contributed by atoms with Gasteiger partial charge in [0.15, 0.2) is 0 Å². The van der Waals surface area contributed by atoms with E-state index in [-0.39, 0.29) is 11.3 Å². The summed E-state index contributed by atoms with van der Waals surface area (Å²) in [5.74, 6) is -1.56. The van der Waals surface area contributed by atoms with Crippen LogP contribution in [0, 0.1) is 5.82 Å². The van der Waals surface area contributed by atoms with Gasteiger partial charge in [-0.25, -0.2) is 9.87 Å². The maximum Gasteiger partial charge on any atom is 0.278 e. The normalized spacial score (nSPS) is 9.86. The molecule has 0 unspecified atom stereocenters. The highest BCUT2D eigenvalue weighted by Crippen LogP contribution is 2.17. The molecule has 0 saturated carbocycles. The van der Waals surface area contributed by atoms with E-state index in [1.165, 1.54) is 0 Å². The molecule has 0 heterocycles. The molecule has 1 aromatic carbocycles. The highest BCUT2D eigenvalue weighted by atomic mass is 19.1. The number of halogens is 1. The Kier molecular flexibility index (Phi) is 3.41. The molecule has 4 nitrogen and oxygen atoms in total. The summed E-state index contributed by atoms with van der Waals surface area (Å²) in [6.45, 7) is 1.98. The summed E-state index contributed by atoms with van der Waals surface area (Å²) in [6.07, 6.45) is 0. The van der Waals surface area contributed by atoms with E-state index in [4.69, 9.17) is 0 Å². The number of phenolic OH excluding ortho intramolecular Hbond substituents is 1. The van der Waals surface area contributed by atoms with Crippen molar-refractivity contribution in [3.05, 3.63) is 29.6 Å². The SMILES string of the molecule is CCONC(=O)c1cc(F)ccc1O. The van der Waals surface area contributed by atoms with Crippen molar-refractivity contribution < 1.29 is 19.1 Å². The Labute approximate surface area is 80.3 Å². The van der Waals surface area contributed by atoms with E-state index in [0.717, 1.165) is 18.2 Å². The number of aromatic hydroxyl groups is 1. The van der Waals surface area contributed by atoms with Crippen LogP contribution in [0.1, 0.15) is 17.3 Å². The fourth-order valence-electron chi connectivity index (χ4n) is 0.883. The first-order valence-corrected chi connectivity index (χ1v) is 4.05. The molecule has 0 saturated heterocycles. The van der Waals surface area contributed by atoms with E-state index in [2.05, 4.69) is 10.3 Å². The van der Waals surface area contributed by atoms with Crippen LogP contribution < -0.4 is 5.48 Å². The van der Waals surface area contributed by atoms with Crippen molar-refractivity contribution in [1.82, 2.24) is 5.48 Å². The maximum absolute atomic E-state index is 12.7. The van der Waals surface area contributed by atoms with Crippen LogP contribution in [-0.2, 0) is 4.84 Å². The average Bonchev–Trinajstić information content (AvgIpc) is 2.18. The lowest BCUT2D eigenvalue weighted by atomic mass is 10.2. The third-order valence-electron chi connectivity index (χ3n) is 1.51. The van der Waals surface area contributed by atoms with Crippen LogP contribution in [0.2, 0.25) is 0 Å². The van der Waals surface area contributed by atoms with E-state index in [9.17, 15) is 14.3 Å². The highest BCUT2D eigenvalue weighted by molar-refractivity contribution is 5.96. The largest absolute Gasteiger partial charge is 0.507 e. The summed E-state index contributed by atoms with van der Waals surface area (Å²) in [6, 6.07) is 3.10. The topological polar surface area (TPSA) is 58.6 Å². The fraction of sp³-hybridized carbons (Fsp3) is 0.222. The number of nitrogens with one attached hydrogen (secondary N) is 1. The van der Waals surface area contributed by atoms with Crippen molar-refractivity contribution >= 4 is 5.91 Å². The summed E-state index contributed by atoms with van der Waals surface area (Å²) in [4.78, 5) is 15.8. The van der Waals surface area contributed by atoms with Gasteiger partial charge in [0.25, 0.3) is 5.91 Å². The van der Waals surface area contributed by atoms with Crippen LogP contribution in [0.25, 0.3) is 0 Å². The number of rotatable bonds is 3. The number of hydrogen-bond donors (Lipinski definition) is 2. The Balaban J connectivity index is 2.83. The number of phenols is 1. The van der Waals surface area contributed by atoms with Gasteiger partial charge in [-0.3, -0.25) is 9.63 Å². The van der Waals surface area contributed by atoms with Gasteiger partial charge in [-0.05, 0) is 25.1 Å². The number of amides is 1. The van der Waals surface area contributed by atoms with Gasteiger partial charge in [-0.2, -0.15) is 0 Å². The van der Waals surface area contributed by atoms with Gasteiger partial charge in [0.1, 0.15) is 11.6 Å². The zero-order valence-corrected chi connectivity index (χ0v) is 7.58. The zero-order chi connectivity index (χ0) is 10.6. The summed E-state index contributed by atoms with van der Waals surface area (Å²) >= 11 is 0. The highest BCUT2D eigenvalue weighted by Gasteiger charge is 2.11. The van der Waals surface area contributed by atoms with Gasteiger partial charge in [0.05, 0.1) is 12.2 Å². The second-order valence-electron chi connectivity index (χ2n) is 2.53. The predicted octanol–water partition coefficient (Wildman–Crippen LogP) is 1.21. The third-order valence-corrected chi connectivity index (χ3v) is 1.51. The van der Waals surface area contributed by atoms with Gasteiger partial charge in [0.2, 0.25) is 0 Å². The van der Waals surface area contributed by atoms with Crippen LogP contribution in [-0.4, -0.2) is 17.6 Å². The third kappa shape index (κ3) is 2.43. The average molecular weight is 199 g/mol. The minimum absolute atomic E-state index is 0.154. The van der Waals surface area contributed by atoms with Gasteiger partial charge in [0, 0.05) is 0 Å². The molecule has 0 aliphatic rings. The van der Waals surface area contributed by atoms with Gasteiger partial charge >= 0.3 is 0 Å². The molecule has 76 valence electrons. The second kappa shape index (κ2) is 4.57. The second-order valence-corrected chi connectivity index (χ2v) is 2.53. The van der Waals surface area contributed by atoms with Crippen molar-refractivity contribution in [2.45, 2.75) is 6.92 Å². The Hall–Kier alpha value is -1.62. The summed E-state index contributed by atoms with van der Waals surface area (Å²) < 4.78 is 12.7. The van der Waals surface area contributed by atoms with Crippen molar-refractivity contribution in [2.75, 3.05) is 6.61 Å². The van der Waals surface area contributed by atoms with E-state index >= 15 is 0 Å². The van der Waals surface area contributed by atoms with Gasteiger partial charge < -0.3 is 5.11 Å². The molecule has 0 spiro atoms. The molecule has 5 heteroatoms. The fourth-order valence-corrected chi connectivity index (χ4v) is 0.883. The van der Waals surface area contributed by atoms with Crippen LogP contribution in [0.15, 0.2) is 18.2 Å². The number of hydrogen-bond acceptors (Lipinski definition) is 3. The first kappa shape index (κ1) is 10.5. The van der Waals surface area contributed by atoms with Crippen molar-refractivity contribution in [1.29, 1.82) is 0 Å². The minimum atomic E-state index is -0.677. The Morgan fingerprint density at radius 3 is 3.00 bits per heavy atom. The standard InChI is InChI=1S/C9H10FNO3/c1-2-14-11-9(13)7-5-6(10)3-4-8(7)12/h3-5,12H,2H2,1H3,(H,11,13). The zero-order valence-electron chi connectivity index (χ0n) is 7.58. The van der Waals surface area contributed by atoms with E-state index < -0.39 is 11.7 Å². The van der Waals surface area contributed by atoms with Crippen LogP contribution in [0.4, 0.5) is 4.39 Å². The molecule has 0 bridgehead atoms. The number of hydroxylamine groups is 1. The summed E-state index contributed by atoms with van der Waals surface area (Å²) in [5, 5.41) is 9.22. The molecule has 14 heavy (non-hydrogen) atoms. The molecular formula is C9H10FNO3. The first-order valence-electron chi connectivity index (χ1n) is 4.05. The predicted molar refractivity (Wildman–Crippen MR) is 47.2 cm³/mol. The molecule has 2 N–H and O–H groups in total. The molecule has 0 aliphatic carbocycles. The van der Waals surface area contributed by atoms with E-state index in [1.807, 2.05) is 0 Å². The monoisotopic (exact) mass is 199 g/mol. The maximum atomic E-state index is 12.7. The lowest BCUT2D eigenvalue weighted by Crippen LogP contribution is -2.23. The van der Waals surface area contributed by atoms with Crippen LogP contribution in [0.5, 0.6) is 5.75 Å². The molecule has 0 atom stereocenters. The van der Waals surface area contributed by atoms with E-state index in [1.54, 1.807) is 6.92 Å². The van der Waals surface area contributed by atoms with Gasteiger partial charge in [-0.15, -0.1) is 0 Å². The summed E-state index contributed by atoms with van der Waals surface area (Å²) in [7, 11) is 0. The molecule has 0 aliphatic heterocycles. The molecule has 1 aromatic rings. The number of carbonyl (C=O) groups excluding carboxylic acids is 1. The Bertz CT molecular complexity index is 341. The van der Waals surface area contributed by atoms with E-state index in [0.29, 0.717) is 6.61 Å². The molecule has 0 fully saturated rings. The minimum Gasteiger partial charge on any atom is -0.507 e. The van der Waals surface area contributed by atoms with Crippen molar-refractivity contribution in [2.24, 2.45) is 0 Å². The lowest BCUT2D eigenvalue weighted by molar-refractivity contribution is 0.0362. The lowest BCUT2D eigenvalue weighted by Gasteiger charge is -2.05. The summed E-state index contributed by atoms with van der Waals surface area (Å²) in [5.41, 5.74) is 1.90.